The van der Waals surface area contributed by atoms with Gasteiger partial charge >= 0.3 is 0 Å². The monoisotopic (exact) mass is 297 g/mol. The van der Waals surface area contributed by atoms with E-state index in [2.05, 4.69) is 4.72 Å². The lowest BCUT2D eigenvalue weighted by atomic mass is 10.1. The summed E-state index contributed by atoms with van der Waals surface area (Å²) in [6.45, 7) is 2.40. The third-order valence-electron chi connectivity index (χ3n) is 3.24. The summed E-state index contributed by atoms with van der Waals surface area (Å²) < 4.78 is 32.1. The van der Waals surface area contributed by atoms with Crippen LogP contribution in [0.4, 0.5) is 5.69 Å². The number of nitrogens with two attached hydrogens (primary N) is 1. The van der Waals surface area contributed by atoms with Crippen molar-refractivity contribution in [1.29, 1.82) is 5.41 Å². The molecule has 1 aromatic rings. The maximum absolute atomic E-state index is 12.1. The summed E-state index contributed by atoms with van der Waals surface area (Å²) >= 11 is 0. The fourth-order valence-corrected chi connectivity index (χ4v) is 3.68. The van der Waals surface area contributed by atoms with Crippen LogP contribution in [-0.2, 0) is 14.8 Å². The van der Waals surface area contributed by atoms with E-state index in [1.54, 1.807) is 25.1 Å². The number of nitrogens with one attached hydrogen (secondary N) is 2. The molecule has 20 heavy (non-hydrogen) atoms. The largest absolute Gasteiger partial charge is 0.384 e. The summed E-state index contributed by atoms with van der Waals surface area (Å²) in [6, 6.07) is 5.12. The van der Waals surface area contributed by atoms with E-state index in [9.17, 15) is 8.42 Å². The second-order valence-corrected chi connectivity index (χ2v) is 6.70. The Morgan fingerprint density at radius 3 is 2.90 bits per heavy atom. The molecule has 1 fully saturated rings. The number of hydrogen-bond acceptors (Lipinski definition) is 4. The minimum atomic E-state index is -3.52. The number of anilines is 1. The van der Waals surface area contributed by atoms with Crippen LogP contribution in [0.1, 0.15) is 24.0 Å². The number of sulfonamides is 1. The van der Waals surface area contributed by atoms with E-state index in [1.165, 1.54) is 0 Å². The van der Waals surface area contributed by atoms with E-state index in [-0.39, 0.29) is 17.7 Å². The molecule has 6 nitrogen and oxygen atoms in total. The lowest BCUT2D eigenvalue weighted by Crippen LogP contribution is -2.27. The maximum Gasteiger partial charge on any atom is 0.235 e. The number of ether oxygens (including phenoxy) is 1. The number of benzene rings is 1. The molecule has 1 heterocycles. The molecule has 1 aliphatic rings. The molecular weight excluding hydrogens is 278 g/mol. The molecule has 0 saturated carbocycles. The summed E-state index contributed by atoms with van der Waals surface area (Å²) in [5.74, 6) is -0.226. The Bertz CT molecular complexity index is 607. The summed E-state index contributed by atoms with van der Waals surface area (Å²) in [5, 5.41) is 7.57. The van der Waals surface area contributed by atoms with Gasteiger partial charge in [0.05, 0.1) is 17.5 Å². The van der Waals surface area contributed by atoms with Crippen molar-refractivity contribution >= 4 is 21.5 Å². The zero-order valence-corrected chi connectivity index (χ0v) is 12.2. The highest BCUT2D eigenvalue weighted by Gasteiger charge is 2.24. The third kappa shape index (κ3) is 3.49. The van der Waals surface area contributed by atoms with Crippen molar-refractivity contribution in [3.8, 4) is 0 Å². The number of hydrogen-bond donors (Lipinski definition) is 3. The molecule has 1 saturated heterocycles. The Hall–Kier alpha value is -1.60. The van der Waals surface area contributed by atoms with Crippen LogP contribution in [0.15, 0.2) is 18.2 Å². The standard InChI is InChI=1S/C13H19N3O3S/c1-9-4-2-6-11(12(9)13(14)15)16-20(17,18)8-10-5-3-7-19-10/h2,4,6,10,16H,3,5,7-8H2,1H3,(H3,14,15). The minimum absolute atomic E-state index is 0.0711. The zero-order valence-electron chi connectivity index (χ0n) is 11.3. The molecule has 1 aliphatic heterocycles. The summed E-state index contributed by atoms with van der Waals surface area (Å²) in [5.41, 5.74) is 7.04. The van der Waals surface area contributed by atoms with Gasteiger partial charge in [-0.3, -0.25) is 10.1 Å². The van der Waals surface area contributed by atoms with Crippen LogP contribution < -0.4 is 10.5 Å². The van der Waals surface area contributed by atoms with Crippen molar-refractivity contribution in [2.24, 2.45) is 5.73 Å². The zero-order chi connectivity index (χ0) is 14.8. The number of nitrogen functional groups attached to an aromatic ring is 1. The fourth-order valence-electron chi connectivity index (χ4n) is 2.34. The molecule has 0 aromatic heterocycles. The number of aryl methyl sites for hydroxylation is 1. The van der Waals surface area contributed by atoms with Gasteiger partial charge in [-0.15, -0.1) is 0 Å². The van der Waals surface area contributed by atoms with Crippen LogP contribution >= 0.6 is 0 Å². The molecule has 1 unspecified atom stereocenters. The van der Waals surface area contributed by atoms with Gasteiger partial charge < -0.3 is 10.5 Å². The normalized spacial score (nSPS) is 18.9. The Morgan fingerprint density at radius 2 is 2.30 bits per heavy atom. The molecule has 0 bridgehead atoms. The molecule has 0 aliphatic carbocycles. The van der Waals surface area contributed by atoms with Crippen molar-refractivity contribution in [3.05, 3.63) is 29.3 Å². The number of amidine groups is 1. The van der Waals surface area contributed by atoms with Crippen LogP contribution in [0.5, 0.6) is 0 Å². The topological polar surface area (TPSA) is 105 Å². The summed E-state index contributed by atoms with van der Waals surface area (Å²) in [7, 11) is -3.52. The highest BCUT2D eigenvalue weighted by molar-refractivity contribution is 7.92. The Morgan fingerprint density at radius 1 is 1.55 bits per heavy atom. The number of rotatable bonds is 5. The van der Waals surface area contributed by atoms with Gasteiger partial charge in [0.1, 0.15) is 5.84 Å². The van der Waals surface area contributed by atoms with Crippen molar-refractivity contribution in [2.45, 2.75) is 25.9 Å². The van der Waals surface area contributed by atoms with Crippen molar-refractivity contribution in [3.63, 3.8) is 0 Å². The molecule has 0 spiro atoms. The average Bonchev–Trinajstić information content (AvgIpc) is 2.79. The molecule has 110 valence electrons. The van der Waals surface area contributed by atoms with Crippen LogP contribution in [0.25, 0.3) is 0 Å². The van der Waals surface area contributed by atoms with Gasteiger partial charge in [-0.05, 0) is 31.4 Å². The Kier molecular flexibility index (Phi) is 4.29. The predicted octanol–water partition coefficient (Wildman–Crippen LogP) is 1.20. The molecule has 0 amide bonds. The summed E-state index contributed by atoms with van der Waals surface area (Å²) in [6.07, 6.45) is 1.40. The highest BCUT2D eigenvalue weighted by Crippen LogP contribution is 2.21. The molecule has 4 N–H and O–H groups in total. The van der Waals surface area contributed by atoms with Gasteiger partial charge in [0, 0.05) is 12.2 Å². The van der Waals surface area contributed by atoms with E-state index in [0.717, 1.165) is 18.4 Å². The van der Waals surface area contributed by atoms with E-state index in [4.69, 9.17) is 15.9 Å². The lowest BCUT2D eigenvalue weighted by molar-refractivity contribution is 0.127. The van der Waals surface area contributed by atoms with Gasteiger partial charge in [0.25, 0.3) is 0 Å². The molecule has 7 heteroatoms. The minimum Gasteiger partial charge on any atom is -0.384 e. The highest BCUT2D eigenvalue weighted by atomic mass is 32.2. The quantitative estimate of drug-likeness (QED) is 0.561. The van der Waals surface area contributed by atoms with Gasteiger partial charge in [-0.1, -0.05) is 12.1 Å². The van der Waals surface area contributed by atoms with Gasteiger partial charge in [0.2, 0.25) is 10.0 Å². The van der Waals surface area contributed by atoms with Crippen molar-refractivity contribution < 1.29 is 13.2 Å². The molecular formula is C13H19N3O3S. The smallest absolute Gasteiger partial charge is 0.235 e. The SMILES string of the molecule is Cc1cccc(NS(=O)(=O)CC2CCCO2)c1C(=N)N. The fraction of sp³-hybridized carbons (Fsp3) is 0.462. The average molecular weight is 297 g/mol. The van der Waals surface area contributed by atoms with E-state index < -0.39 is 10.0 Å². The third-order valence-corrected chi connectivity index (χ3v) is 4.58. The van der Waals surface area contributed by atoms with Gasteiger partial charge in [0.15, 0.2) is 0 Å². The van der Waals surface area contributed by atoms with Crippen LogP contribution in [0.2, 0.25) is 0 Å². The van der Waals surface area contributed by atoms with Gasteiger partial charge in [-0.25, -0.2) is 8.42 Å². The second-order valence-electron chi connectivity index (χ2n) is 4.93. The molecule has 1 atom stereocenters. The summed E-state index contributed by atoms with van der Waals surface area (Å²) in [4.78, 5) is 0. The first-order valence-corrected chi connectivity index (χ1v) is 8.10. The van der Waals surface area contributed by atoms with Crippen LogP contribution in [-0.4, -0.2) is 32.7 Å². The van der Waals surface area contributed by atoms with E-state index in [1.807, 2.05) is 0 Å². The van der Waals surface area contributed by atoms with E-state index in [0.29, 0.717) is 17.9 Å². The molecule has 2 rings (SSSR count). The predicted molar refractivity (Wildman–Crippen MR) is 78.6 cm³/mol. The first kappa shape index (κ1) is 14.8. The maximum atomic E-state index is 12.1. The van der Waals surface area contributed by atoms with E-state index >= 15 is 0 Å². The lowest BCUT2D eigenvalue weighted by Gasteiger charge is -2.15. The van der Waals surface area contributed by atoms with Crippen molar-refractivity contribution in [1.82, 2.24) is 0 Å². The first-order valence-electron chi connectivity index (χ1n) is 6.45. The first-order chi connectivity index (χ1) is 9.39. The van der Waals surface area contributed by atoms with Crippen LogP contribution in [0.3, 0.4) is 0 Å². The molecule has 1 aromatic carbocycles. The van der Waals surface area contributed by atoms with Crippen molar-refractivity contribution in [2.75, 3.05) is 17.1 Å². The molecule has 0 radical (unpaired) electrons. The van der Waals surface area contributed by atoms with Gasteiger partial charge in [-0.2, -0.15) is 0 Å². The Labute approximate surface area is 118 Å². The Balaban J connectivity index is 2.20. The second kappa shape index (κ2) is 5.80. The van der Waals surface area contributed by atoms with Crippen LogP contribution in [0, 0.1) is 12.3 Å².